The zero-order valence-electron chi connectivity index (χ0n) is 11.1. The lowest BCUT2D eigenvalue weighted by Gasteiger charge is -2.32. The first-order valence-electron chi connectivity index (χ1n) is 6.10. The molecule has 0 radical (unpaired) electrons. The molecule has 2 N–H and O–H groups in total. The van der Waals surface area contributed by atoms with Gasteiger partial charge in [-0.15, -0.1) is 0 Å². The van der Waals surface area contributed by atoms with Gasteiger partial charge in [0.15, 0.2) is 0 Å². The maximum absolute atomic E-state index is 12.3. The molecular weight excluding hydrogens is 204 g/mol. The summed E-state index contributed by atoms with van der Waals surface area (Å²) in [4.78, 5) is 14.1. The summed E-state index contributed by atoms with van der Waals surface area (Å²) in [5.74, 6) is 0.0522. The fourth-order valence-electron chi connectivity index (χ4n) is 1.54. The van der Waals surface area contributed by atoms with Gasteiger partial charge in [0, 0.05) is 26.7 Å². The smallest absolute Gasteiger partial charge is 0.254 e. The summed E-state index contributed by atoms with van der Waals surface area (Å²) in [7, 11) is 1.59. The van der Waals surface area contributed by atoms with Crippen molar-refractivity contribution < 1.29 is 9.53 Å². The van der Waals surface area contributed by atoms with Crippen LogP contribution in [0.15, 0.2) is 0 Å². The molecule has 0 fully saturated rings. The highest BCUT2D eigenvalue weighted by Gasteiger charge is 2.34. The van der Waals surface area contributed by atoms with E-state index in [1.165, 1.54) is 0 Å². The first-order valence-corrected chi connectivity index (χ1v) is 6.10. The third-order valence-electron chi connectivity index (χ3n) is 3.05. The summed E-state index contributed by atoms with van der Waals surface area (Å²) in [6.45, 7) is 7.79. The second-order valence-electron chi connectivity index (χ2n) is 4.22. The van der Waals surface area contributed by atoms with Crippen molar-refractivity contribution >= 4 is 5.91 Å². The Morgan fingerprint density at radius 3 is 2.38 bits per heavy atom. The van der Waals surface area contributed by atoms with Crippen molar-refractivity contribution in [2.24, 2.45) is 5.73 Å². The maximum Gasteiger partial charge on any atom is 0.254 e. The second-order valence-corrected chi connectivity index (χ2v) is 4.22. The molecule has 1 unspecified atom stereocenters. The quantitative estimate of drug-likeness (QED) is 0.685. The first kappa shape index (κ1) is 15.4. The van der Waals surface area contributed by atoms with Crippen LogP contribution in [0.1, 0.15) is 40.0 Å². The predicted octanol–water partition coefficient (Wildman–Crippen LogP) is 1.39. The number of nitrogens with two attached hydrogens (primary N) is 1. The Labute approximate surface area is 99.1 Å². The average molecular weight is 230 g/mol. The second kappa shape index (κ2) is 7.63. The van der Waals surface area contributed by atoms with Crippen molar-refractivity contribution in [1.82, 2.24) is 4.90 Å². The van der Waals surface area contributed by atoms with Gasteiger partial charge in [-0.1, -0.05) is 20.3 Å². The standard InChI is InChI=1S/C12H26N2O2/c1-5-7-9-14(10-8-13)11(15)12(3,6-2)16-4/h5-10,13H2,1-4H3. The first-order chi connectivity index (χ1) is 7.55. The van der Waals surface area contributed by atoms with Crippen LogP contribution in [0, 0.1) is 0 Å². The summed E-state index contributed by atoms with van der Waals surface area (Å²) >= 11 is 0. The van der Waals surface area contributed by atoms with Gasteiger partial charge >= 0.3 is 0 Å². The van der Waals surface area contributed by atoms with Gasteiger partial charge in [0.2, 0.25) is 0 Å². The highest BCUT2D eigenvalue weighted by molar-refractivity contribution is 5.84. The van der Waals surface area contributed by atoms with Gasteiger partial charge in [0.25, 0.3) is 5.91 Å². The Hall–Kier alpha value is -0.610. The predicted molar refractivity (Wildman–Crippen MR) is 66.2 cm³/mol. The molecule has 4 heteroatoms. The van der Waals surface area contributed by atoms with Crippen LogP contribution in [0.25, 0.3) is 0 Å². The van der Waals surface area contributed by atoms with E-state index in [-0.39, 0.29) is 5.91 Å². The van der Waals surface area contributed by atoms with Crippen LogP contribution in [-0.2, 0) is 9.53 Å². The lowest BCUT2D eigenvalue weighted by Crippen LogP contribution is -2.49. The van der Waals surface area contributed by atoms with Crippen molar-refractivity contribution in [3.63, 3.8) is 0 Å². The van der Waals surface area contributed by atoms with Gasteiger partial charge in [-0.3, -0.25) is 4.79 Å². The molecule has 0 spiro atoms. The highest BCUT2D eigenvalue weighted by atomic mass is 16.5. The van der Waals surface area contributed by atoms with Crippen LogP contribution in [0.2, 0.25) is 0 Å². The van der Waals surface area contributed by atoms with E-state index >= 15 is 0 Å². The minimum Gasteiger partial charge on any atom is -0.369 e. The van der Waals surface area contributed by atoms with Gasteiger partial charge in [0.05, 0.1) is 0 Å². The van der Waals surface area contributed by atoms with E-state index in [4.69, 9.17) is 10.5 Å². The topological polar surface area (TPSA) is 55.6 Å². The lowest BCUT2D eigenvalue weighted by molar-refractivity contribution is -0.153. The van der Waals surface area contributed by atoms with E-state index in [9.17, 15) is 4.79 Å². The molecule has 0 bridgehead atoms. The SMILES string of the molecule is CCCCN(CCN)C(=O)C(C)(CC)OC. The summed E-state index contributed by atoms with van der Waals surface area (Å²) in [5, 5.41) is 0. The Morgan fingerprint density at radius 2 is 2.00 bits per heavy atom. The van der Waals surface area contributed by atoms with Gasteiger partial charge < -0.3 is 15.4 Å². The molecule has 0 aliphatic heterocycles. The van der Waals surface area contributed by atoms with E-state index in [2.05, 4.69) is 6.92 Å². The lowest BCUT2D eigenvalue weighted by atomic mass is 10.0. The van der Waals surface area contributed by atoms with Gasteiger partial charge in [-0.2, -0.15) is 0 Å². The molecule has 96 valence electrons. The van der Waals surface area contributed by atoms with Crippen molar-refractivity contribution in [1.29, 1.82) is 0 Å². The molecule has 0 aromatic carbocycles. The number of unbranched alkanes of at least 4 members (excludes halogenated alkanes) is 1. The number of hydrogen-bond acceptors (Lipinski definition) is 3. The molecule has 0 heterocycles. The maximum atomic E-state index is 12.3. The normalized spacial score (nSPS) is 14.6. The summed E-state index contributed by atoms with van der Waals surface area (Å²) in [6, 6.07) is 0. The minimum atomic E-state index is -0.705. The molecule has 16 heavy (non-hydrogen) atoms. The largest absolute Gasteiger partial charge is 0.369 e. The van der Waals surface area contributed by atoms with Crippen molar-refractivity contribution in [3.05, 3.63) is 0 Å². The third-order valence-corrected chi connectivity index (χ3v) is 3.05. The van der Waals surface area contributed by atoms with E-state index in [0.717, 1.165) is 19.4 Å². The average Bonchev–Trinajstić information content (AvgIpc) is 2.32. The Morgan fingerprint density at radius 1 is 1.38 bits per heavy atom. The van der Waals surface area contributed by atoms with Gasteiger partial charge in [-0.25, -0.2) is 0 Å². The zero-order chi connectivity index (χ0) is 12.6. The molecule has 1 atom stereocenters. The number of carbonyl (C=O) groups is 1. The molecule has 0 saturated carbocycles. The number of nitrogens with zero attached hydrogens (tertiary/aromatic N) is 1. The number of amides is 1. The monoisotopic (exact) mass is 230 g/mol. The molecular formula is C12H26N2O2. The van der Waals surface area contributed by atoms with Gasteiger partial charge in [0.1, 0.15) is 5.60 Å². The van der Waals surface area contributed by atoms with E-state index < -0.39 is 5.60 Å². The van der Waals surface area contributed by atoms with Crippen LogP contribution in [0.4, 0.5) is 0 Å². The molecule has 4 nitrogen and oxygen atoms in total. The fraction of sp³-hybridized carbons (Fsp3) is 0.917. The van der Waals surface area contributed by atoms with Crippen molar-refractivity contribution in [2.75, 3.05) is 26.7 Å². The molecule has 0 rings (SSSR count). The summed E-state index contributed by atoms with van der Waals surface area (Å²) in [5.41, 5.74) is 4.82. The van der Waals surface area contributed by atoms with Crippen LogP contribution in [-0.4, -0.2) is 43.2 Å². The Balaban J connectivity index is 4.57. The number of ether oxygens (including phenoxy) is 1. The summed E-state index contributed by atoms with van der Waals surface area (Å²) in [6.07, 6.45) is 2.76. The molecule has 0 aromatic rings. The van der Waals surface area contributed by atoms with Crippen molar-refractivity contribution in [3.8, 4) is 0 Å². The van der Waals surface area contributed by atoms with Crippen LogP contribution in [0.5, 0.6) is 0 Å². The minimum absolute atomic E-state index is 0.0522. The third kappa shape index (κ3) is 4.10. The molecule has 1 amide bonds. The molecule has 0 aliphatic rings. The van der Waals surface area contributed by atoms with Crippen LogP contribution >= 0.6 is 0 Å². The summed E-state index contributed by atoms with van der Waals surface area (Å²) < 4.78 is 5.32. The van der Waals surface area contributed by atoms with Gasteiger partial charge in [-0.05, 0) is 19.8 Å². The molecule has 0 aromatic heterocycles. The van der Waals surface area contributed by atoms with Crippen LogP contribution < -0.4 is 5.73 Å². The Kier molecular flexibility index (Phi) is 7.34. The molecule has 0 aliphatic carbocycles. The van der Waals surface area contributed by atoms with Crippen LogP contribution in [0.3, 0.4) is 0 Å². The Bertz CT molecular complexity index is 203. The number of rotatable bonds is 8. The zero-order valence-corrected chi connectivity index (χ0v) is 11.1. The van der Waals surface area contributed by atoms with E-state index in [1.54, 1.807) is 7.11 Å². The fourth-order valence-corrected chi connectivity index (χ4v) is 1.54. The van der Waals surface area contributed by atoms with E-state index in [1.807, 2.05) is 18.7 Å². The van der Waals surface area contributed by atoms with E-state index in [0.29, 0.717) is 19.5 Å². The van der Waals surface area contributed by atoms with Crippen molar-refractivity contribution in [2.45, 2.75) is 45.6 Å². The highest BCUT2D eigenvalue weighted by Crippen LogP contribution is 2.17. The molecule has 0 saturated heterocycles. The number of hydrogen-bond donors (Lipinski definition) is 1. The number of methoxy groups -OCH3 is 1. The number of carbonyl (C=O) groups excluding carboxylic acids is 1.